The summed E-state index contributed by atoms with van der Waals surface area (Å²) in [6, 6.07) is 7.58. The lowest BCUT2D eigenvalue weighted by molar-refractivity contribution is -0.138. The van der Waals surface area contributed by atoms with E-state index in [0.717, 1.165) is 12.0 Å². The molecule has 128 valence electrons. The Morgan fingerprint density at radius 1 is 1.29 bits per heavy atom. The van der Waals surface area contributed by atoms with Crippen LogP contribution in [0.4, 0.5) is 18.9 Å². The van der Waals surface area contributed by atoms with Gasteiger partial charge >= 0.3 is 6.18 Å². The van der Waals surface area contributed by atoms with Gasteiger partial charge in [-0.3, -0.25) is 9.59 Å². The van der Waals surface area contributed by atoms with E-state index >= 15 is 0 Å². The number of rotatable bonds is 4. The third-order valence-corrected chi connectivity index (χ3v) is 3.57. The molecule has 0 saturated heterocycles. The lowest BCUT2D eigenvalue weighted by atomic mass is 10.1. The fourth-order valence-corrected chi connectivity index (χ4v) is 2.32. The number of aromatic nitrogens is 1. The first kappa shape index (κ1) is 18.1. The number of anilines is 1. The highest BCUT2D eigenvalue weighted by Gasteiger charge is 2.32. The summed E-state index contributed by atoms with van der Waals surface area (Å²) < 4.78 is 39.0. The smallest absolute Gasteiger partial charge is 0.325 e. The van der Waals surface area contributed by atoms with E-state index in [4.69, 9.17) is 11.6 Å². The van der Waals surface area contributed by atoms with Crippen LogP contribution in [0.5, 0.6) is 0 Å². The van der Waals surface area contributed by atoms with Crippen LogP contribution in [0.15, 0.2) is 41.3 Å². The predicted octanol–water partition coefficient (Wildman–Crippen LogP) is 3.72. The maximum Gasteiger partial charge on any atom is 0.417 e. The molecular weight excluding hydrogens is 345 g/mol. The monoisotopic (exact) mass is 358 g/mol. The predicted molar refractivity (Wildman–Crippen MR) is 85.2 cm³/mol. The zero-order valence-electron chi connectivity index (χ0n) is 12.7. The highest BCUT2D eigenvalue weighted by atomic mass is 35.5. The van der Waals surface area contributed by atoms with E-state index in [0.29, 0.717) is 22.5 Å². The van der Waals surface area contributed by atoms with Crippen LogP contribution in [0, 0.1) is 0 Å². The number of halogens is 4. The number of hydrogen-bond donors (Lipinski definition) is 1. The molecule has 1 heterocycles. The van der Waals surface area contributed by atoms with E-state index < -0.39 is 34.8 Å². The standard InChI is InChI=1S/C16H14ClF3N2O2/c1-2-10-4-3-5-12(6-10)21-14(23)9-22-8-11(16(18,19)20)7-13(17)15(22)24/h3-8H,2,9H2,1H3,(H,21,23). The second-order valence-electron chi connectivity index (χ2n) is 5.11. The van der Waals surface area contributed by atoms with Gasteiger partial charge in [0.25, 0.3) is 5.56 Å². The summed E-state index contributed by atoms with van der Waals surface area (Å²) in [7, 11) is 0. The minimum Gasteiger partial charge on any atom is -0.325 e. The molecule has 2 aromatic rings. The van der Waals surface area contributed by atoms with Gasteiger partial charge in [0.05, 0.1) is 5.56 Å². The number of benzene rings is 1. The van der Waals surface area contributed by atoms with E-state index in [1.165, 1.54) is 0 Å². The Bertz CT molecular complexity index is 816. The molecule has 2 rings (SSSR count). The van der Waals surface area contributed by atoms with E-state index in [9.17, 15) is 22.8 Å². The molecule has 1 N–H and O–H groups in total. The fraction of sp³-hybridized carbons (Fsp3) is 0.250. The summed E-state index contributed by atoms with van der Waals surface area (Å²) in [5, 5.41) is 1.95. The lowest BCUT2D eigenvalue weighted by Crippen LogP contribution is -2.29. The van der Waals surface area contributed by atoms with Crippen LogP contribution in [0.1, 0.15) is 18.1 Å². The highest BCUT2D eigenvalue weighted by molar-refractivity contribution is 6.30. The number of pyridine rings is 1. The van der Waals surface area contributed by atoms with Crippen LogP contribution in [-0.4, -0.2) is 10.5 Å². The van der Waals surface area contributed by atoms with Gasteiger partial charge < -0.3 is 9.88 Å². The van der Waals surface area contributed by atoms with E-state index in [1.54, 1.807) is 18.2 Å². The Kier molecular flexibility index (Phi) is 5.33. The molecule has 1 amide bonds. The van der Waals surface area contributed by atoms with Crippen molar-refractivity contribution in [3.8, 4) is 0 Å². The summed E-state index contributed by atoms with van der Waals surface area (Å²) in [6.45, 7) is 1.38. The zero-order valence-corrected chi connectivity index (χ0v) is 13.4. The molecular formula is C16H14ClF3N2O2. The lowest BCUT2D eigenvalue weighted by Gasteiger charge is -2.12. The van der Waals surface area contributed by atoms with Gasteiger partial charge in [0.2, 0.25) is 5.91 Å². The van der Waals surface area contributed by atoms with Crippen LogP contribution in [0.3, 0.4) is 0 Å². The van der Waals surface area contributed by atoms with Gasteiger partial charge in [-0.1, -0.05) is 30.7 Å². The number of carbonyl (C=O) groups is 1. The Labute approximate surface area is 140 Å². The number of hydrogen-bond acceptors (Lipinski definition) is 2. The molecule has 0 aliphatic carbocycles. The third-order valence-electron chi connectivity index (χ3n) is 3.30. The molecule has 0 unspecified atom stereocenters. The molecule has 1 aromatic carbocycles. The van der Waals surface area contributed by atoms with Crippen LogP contribution in [-0.2, 0) is 23.9 Å². The quantitative estimate of drug-likeness (QED) is 0.905. The first-order valence-corrected chi connectivity index (χ1v) is 7.44. The number of aryl methyl sites for hydroxylation is 1. The molecule has 0 radical (unpaired) electrons. The number of nitrogens with one attached hydrogen (secondary N) is 1. The minimum atomic E-state index is -4.66. The highest BCUT2D eigenvalue weighted by Crippen LogP contribution is 2.29. The van der Waals surface area contributed by atoms with Gasteiger partial charge in [-0.15, -0.1) is 0 Å². The molecule has 0 fully saturated rings. The SMILES string of the molecule is CCc1cccc(NC(=O)Cn2cc(C(F)(F)F)cc(Cl)c2=O)c1. The summed E-state index contributed by atoms with van der Waals surface area (Å²) in [6.07, 6.45) is -3.31. The summed E-state index contributed by atoms with van der Waals surface area (Å²) in [5.41, 5.74) is -0.451. The summed E-state index contributed by atoms with van der Waals surface area (Å²) in [5.74, 6) is -0.624. The Balaban J connectivity index is 2.22. The normalized spacial score (nSPS) is 11.4. The van der Waals surface area contributed by atoms with E-state index in [-0.39, 0.29) is 0 Å². The van der Waals surface area contributed by atoms with Crippen LogP contribution in [0.2, 0.25) is 5.02 Å². The van der Waals surface area contributed by atoms with Crippen molar-refractivity contribution in [2.24, 2.45) is 0 Å². The van der Waals surface area contributed by atoms with Gasteiger partial charge in [0, 0.05) is 11.9 Å². The summed E-state index contributed by atoms with van der Waals surface area (Å²) in [4.78, 5) is 23.8. The second-order valence-corrected chi connectivity index (χ2v) is 5.52. The van der Waals surface area contributed by atoms with Gasteiger partial charge in [0.1, 0.15) is 11.6 Å². The first-order valence-electron chi connectivity index (χ1n) is 7.06. The van der Waals surface area contributed by atoms with Crippen molar-refractivity contribution in [2.75, 3.05) is 5.32 Å². The molecule has 1 aromatic heterocycles. The molecule has 8 heteroatoms. The molecule has 24 heavy (non-hydrogen) atoms. The van der Waals surface area contributed by atoms with Crippen LogP contribution < -0.4 is 10.9 Å². The van der Waals surface area contributed by atoms with Crippen molar-refractivity contribution in [2.45, 2.75) is 26.1 Å². The topological polar surface area (TPSA) is 51.1 Å². The largest absolute Gasteiger partial charge is 0.417 e. The second kappa shape index (κ2) is 7.09. The molecule has 0 aliphatic rings. The van der Waals surface area contributed by atoms with E-state index in [1.807, 2.05) is 13.0 Å². The zero-order chi connectivity index (χ0) is 17.9. The van der Waals surface area contributed by atoms with Gasteiger partial charge in [0.15, 0.2) is 0 Å². The van der Waals surface area contributed by atoms with E-state index in [2.05, 4.69) is 5.32 Å². The van der Waals surface area contributed by atoms with Gasteiger partial charge in [-0.25, -0.2) is 0 Å². The molecule has 0 bridgehead atoms. The van der Waals surface area contributed by atoms with Crippen molar-refractivity contribution in [3.05, 3.63) is 63.0 Å². The van der Waals surface area contributed by atoms with Gasteiger partial charge in [-0.2, -0.15) is 13.2 Å². The maximum atomic E-state index is 12.8. The molecule has 0 aliphatic heterocycles. The third kappa shape index (κ3) is 4.38. The van der Waals surface area contributed by atoms with Crippen molar-refractivity contribution in [1.29, 1.82) is 0 Å². The molecule has 4 nitrogen and oxygen atoms in total. The Morgan fingerprint density at radius 2 is 2.00 bits per heavy atom. The maximum absolute atomic E-state index is 12.8. The van der Waals surface area contributed by atoms with Crippen LogP contribution >= 0.6 is 11.6 Å². The Morgan fingerprint density at radius 3 is 2.62 bits per heavy atom. The minimum absolute atomic E-state index is 0.505. The van der Waals surface area contributed by atoms with Crippen molar-refractivity contribution >= 4 is 23.2 Å². The van der Waals surface area contributed by atoms with Crippen molar-refractivity contribution in [3.63, 3.8) is 0 Å². The molecule has 0 saturated carbocycles. The first-order chi connectivity index (χ1) is 11.2. The van der Waals surface area contributed by atoms with Crippen molar-refractivity contribution in [1.82, 2.24) is 4.57 Å². The Hall–Kier alpha value is -2.28. The van der Waals surface area contributed by atoms with Crippen LogP contribution in [0.25, 0.3) is 0 Å². The number of amides is 1. The average molecular weight is 359 g/mol. The number of nitrogens with zero attached hydrogens (tertiary/aromatic N) is 1. The summed E-state index contributed by atoms with van der Waals surface area (Å²) >= 11 is 5.54. The molecule has 0 spiro atoms. The average Bonchev–Trinajstić information content (AvgIpc) is 2.50. The van der Waals surface area contributed by atoms with Gasteiger partial charge in [-0.05, 0) is 30.2 Å². The fourth-order valence-electron chi connectivity index (χ4n) is 2.10. The van der Waals surface area contributed by atoms with Crippen molar-refractivity contribution < 1.29 is 18.0 Å². The number of alkyl halides is 3. The molecule has 0 atom stereocenters. The number of carbonyl (C=O) groups excluding carboxylic acids is 1.